The summed E-state index contributed by atoms with van der Waals surface area (Å²) in [7, 11) is 0.812. The van der Waals surface area contributed by atoms with Gasteiger partial charge in [0.05, 0.1) is 13.5 Å². The summed E-state index contributed by atoms with van der Waals surface area (Å²) in [6, 6.07) is 22.2. The van der Waals surface area contributed by atoms with Crippen molar-refractivity contribution >= 4 is 24.0 Å². The minimum absolute atomic E-state index is 1.32. The molecule has 0 saturated carbocycles. The second-order valence-electron chi connectivity index (χ2n) is 7.23. The van der Waals surface area contributed by atoms with Gasteiger partial charge in [-0.3, -0.25) is 0 Å². The molecule has 0 aliphatic carbocycles. The highest BCUT2D eigenvalue weighted by Gasteiger charge is 2.29. The Morgan fingerprint density at radius 2 is 1.56 bits per heavy atom. The normalized spacial score (nSPS) is 11.9. The monoisotopic (exact) mass is 348 g/mol. The molecule has 0 aliphatic heterocycles. The Morgan fingerprint density at radius 1 is 0.880 bits per heavy atom. The van der Waals surface area contributed by atoms with Crippen LogP contribution < -0.4 is 9.75 Å². The van der Waals surface area contributed by atoms with E-state index in [1.165, 1.54) is 45.7 Å². The smallest absolute Gasteiger partial charge is 0.200 e. The zero-order valence-corrected chi connectivity index (χ0v) is 17.3. The quantitative estimate of drug-likeness (QED) is 0.432. The molecule has 1 aromatic heterocycles. The number of aryl methyl sites for hydroxylation is 2. The molecular formula is C23H30NSi+. The van der Waals surface area contributed by atoms with E-state index >= 15 is 0 Å². The molecule has 1 nitrogen and oxygen atoms in total. The van der Waals surface area contributed by atoms with Crippen LogP contribution in [0.3, 0.4) is 0 Å². The van der Waals surface area contributed by atoms with E-state index in [4.69, 9.17) is 0 Å². The van der Waals surface area contributed by atoms with Crippen LogP contribution in [-0.4, -0.2) is 8.07 Å². The van der Waals surface area contributed by atoms with Crippen molar-refractivity contribution in [1.29, 1.82) is 0 Å². The maximum absolute atomic E-state index is 2.49. The van der Waals surface area contributed by atoms with E-state index in [2.05, 4.69) is 94.0 Å². The van der Waals surface area contributed by atoms with E-state index in [1.54, 1.807) is 5.19 Å². The van der Waals surface area contributed by atoms with Crippen LogP contribution in [0.15, 0.2) is 54.7 Å². The van der Waals surface area contributed by atoms with Crippen molar-refractivity contribution in [3.05, 3.63) is 60.3 Å². The Morgan fingerprint density at radius 3 is 2.20 bits per heavy atom. The van der Waals surface area contributed by atoms with Crippen LogP contribution in [0, 0.1) is 6.92 Å². The van der Waals surface area contributed by atoms with E-state index in [1.807, 2.05) is 0 Å². The summed E-state index contributed by atoms with van der Waals surface area (Å²) in [6.45, 7) is 9.35. The molecule has 2 heteroatoms. The fourth-order valence-corrected chi connectivity index (χ4v) is 7.86. The number of fused-ring (bicyclic) bond motifs is 1. The molecule has 0 N–H and O–H groups in total. The van der Waals surface area contributed by atoms with Crippen molar-refractivity contribution < 1.29 is 4.57 Å². The van der Waals surface area contributed by atoms with Crippen molar-refractivity contribution in [2.45, 2.75) is 45.8 Å². The number of benzene rings is 2. The molecule has 0 fully saturated rings. The lowest BCUT2D eigenvalue weighted by atomic mass is 10.00. The molecule has 3 rings (SSSR count). The Hall–Kier alpha value is -1.93. The van der Waals surface area contributed by atoms with Crippen molar-refractivity contribution in [3.63, 3.8) is 0 Å². The second kappa shape index (κ2) is 7.13. The van der Waals surface area contributed by atoms with Gasteiger partial charge in [-0.2, -0.15) is 0 Å². The van der Waals surface area contributed by atoms with Crippen molar-refractivity contribution in [2.24, 2.45) is 7.05 Å². The van der Waals surface area contributed by atoms with Gasteiger partial charge in [0.25, 0.3) is 0 Å². The van der Waals surface area contributed by atoms with E-state index in [0.717, 1.165) is 0 Å². The SMILES string of the molecule is CC[Si](CC)(CC)c1ccc2c(-c3ccccc3C)[n+](C)ccc2c1. The molecule has 3 aromatic rings. The molecule has 0 bridgehead atoms. The first kappa shape index (κ1) is 17.9. The molecule has 0 saturated heterocycles. The number of hydrogen-bond acceptors (Lipinski definition) is 0. The van der Waals surface area contributed by atoms with Gasteiger partial charge >= 0.3 is 0 Å². The van der Waals surface area contributed by atoms with Gasteiger partial charge in [0.15, 0.2) is 6.20 Å². The van der Waals surface area contributed by atoms with Crippen LogP contribution in [0.25, 0.3) is 22.0 Å². The van der Waals surface area contributed by atoms with Crippen molar-refractivity contribution in [3.8, 4) is 11.3 Å². The van der Waals surface area contributed by atoms with Gasteiger partial charge in [0.2, 0.25) is 5.69 Å². The van der Waals surface area contributed by atoms with Crippen LogP contribution in [0.4, 0.5) is 0 Å². The third-order valence-electron chi connectivity index (χ3n) is 6.18. The van der Waals surface area contributed by atoms with Crippen LogP contribution in [0.1, 0.15) is 26.3 Å². The van der Waals surface area contributed by atoms with Gasteiger partial charge in [0, 0.05) is 11.6 Å². The Balaban J connectivity index is 2.25. The Bertz CT molecular complexity index is 885. The fourth-order valence-electron chi connectivity index (χ4n) is 4.24. The zero-order chi connectivity index (χ0) is 18.0. The third-order valence-corrected chi connectivity index (χ3v) is 11.8. The first-order chi connectivity index (χ1) is 12.1. The van der Waals surface area contributed by atoms with Gasteiger partial charge in [-0.05, 0) is 30.0 Å². The lowest BCUT2D eigenvalue weighted by molar-refractivity contribution is -0.659. The highest BCUT2D eigenvalue weighted by molar-refractivity contribution is 6.91. The fraction of sp³-hybridized carbons (Fsp3) is 0.348. The Labute approximate surface area is 153 Å². The van der Waals surface area contributed by atoms with E-state index in [-0.39, 0.29) is 0 Å². The summed E-state index contributed by atoms with van der Waals surface area (Å²) >= 11 is 0. The molecule has 0 aliphatic rings. The van der Waals surface area contributed by atoms with Gasteiger partial charge in [-0.15, -0.1) is 0 Å². The summed E-state index contributed by atoms with van der Waals surface area (Å²) in [5.41, 5.74) is 3.97. The first-order valence-corrected chi connectivity index (χ1v) is 12.2. The average Bonchev–Trinajstić information content (AvgIpc) is 2.64. The summed E-state index contributed by atoms with van der Waals surface area (Å²) < 4.78 is 2.26. The molecule has 0 amide bonds. The van der Waals surface area contributed by atoms with Gasteiger partial charge in [-0.25, -0.2) is 4.57 Å². The highest BCUT2D eigenvalue weighted by Crippen LogP contribution is 2.29. The largest absolute Gasteiger partial charge is 0.220 e. The average molecular weight is 349 g/mol. The third kappa shape index (κ3) is 3.04. The standard InChI is InChI=1S/C23H30NSi/c1-6-25(7-2,8-3)20-13-14-22-19(17-20)15-16-24(5)23(22)21-12-10-9-11-18(21)4/h9-17H,6-8H2,1-5H3/q+1. The summed E-state index contributed by atoms with van der Waals surface area (Å²) in [6.07, 6.45) is 2.21. The minimum Gasteiger partial charge on any atom is -0.200 e. The maximum atomic E-state index is 2.49. The first-order valence-electron chi connectivity index (χ1n) is 9.55. The summed E-state index contributed by atoms with van der Waals surface area (Å²) in [5.74, 6) is 0. The molecule has 0 spiro atoms. The number of aromatic nitrogens is 1. The molecular weight excluding hydrogens is 318 g/mol. The lowest BCUT2D eigenvalue weighted by Crippen LogP contribution is -2.45. The van der Waals surface area contributed by atoms with E-state index < -0.39 is 8.07 Å². The number of hydrogen-bond donors (Lipinski definition) is 0. The van der Waals surface area contributed by atoms with Gasteiger partial charge in [-0.1, -0.05) is 74.4 Å². The zero-order valence-electron chi connectivity index (χ0n) is 16.3. The topological polar surface area (TPSA) is 3.88 Å². The summed E-state index contributed by atoms with van der Waals surface area (Å²) in [5, 5.41) is 4.35. The number of pyridine rings is 1. The van der Waals surface area contributed by atoms with Crippen LogP contribution in [0.2, 0.25) is 18.1 Å². The lowest BCUT2D eigenvalue weighted by Gasteiger charge is -2.29. The van der Waals surface area contributed by atoms with E-state index in [9.17, 15) is 0 Å². The van der Waals surface area contributed by atoms with Crippen LogP contribution in [-0.2, 0) is 7.05 Å². The summed E-state index contributed by atoms with van der Waals surface area (Å²) in [4.78, 5) is 0. The van der Waals surface area contributed by atoms with Crippen LogP contribution >= 0.6 is 0 Å². The van der Waals surface area contributed by atoms with Gasteiger partial charge < -0.3 is 0 Å². The molecule has 25 heavy (non-hydrogen) atoms. The molecule has 0 atom stereocenters. The molecule has 1 heterocycles. The van der Waals surface area contributed by atoms with Crippen molar-refractivity contribution in [2.75, 3.05) is 0 Å². The molecule has 130 valence electrons. The second-order valence-corrected chi connectivity index (χ2v) is 12.5. The number of rotatable bonds is 5. The predicted octanol–water partition coefficient (Wildman–Crippen LogP) is 5.36. The van der Waals surface area contributed by atoms with Crippen molar-refractivity contribution in [1.82, 2.24) is 0 Å². The molecule has 2 aromatic carbocycles. The van der Waals surface area contributed by atoms with Gasteiger partial charge in [0.1, 0.15) is 7.05 Å². The highest BCUT2D eigenvalue weighted by atomic mass is 28.3. The number of nitrogens with zero attached hydrogens (tertiary/aromatic N) is 1. The Kier molecular flexibility index (Phi) is 5.10. The van der Waals surface area contributed by atoms with E-state index in [0.29, 0.717) is 0 Å². The molecule has 0 unspecified atom stereocenters. The predicted molar refractivity (Wildman–Crippen MR) is 112 cm³/mol. The molecule has 0 radical (unpaired) electrons. The maximum Gasteiger partial charge on any atom is 0.220 e. The minimum atomic E-state index is -1.34. The van der Waals surface area contributed by atoms with Crippen LogP contribution in [0.5, 0.6) is 0 Å².